The molecule has 0 saturated heterocycles. The first kappa shape index (κ1) is 13.3. The molecule has 0 bridgehead atoms. The molecule has 2 N–H and O–H groups in total. The molecule has 1 aromatic carbocycles. The van der Waals surface area contributed by atoms with Gasteiger partial charge in [0.05, 0.1) is 0 Å². The lowest BCUT2D eigenvalue weighted by atomic mass is 10.2. The van der Waals surface area contributed by atoms with Crippen molar-refractivity contribution in [3.63, 3.8) is 0 Å². The molecule has 17 heavy (non-hydrogen) atoms. The second-order valence-electron chi connectivity index (χ2n) is 4.39. The van der Waals surface area contributed by atoms with Crippen LogP contribution >= 0.6 is 23.5 Å². The van der Waals surface area contributed by atoms with E-state index in [4.69, 9.17) is 5.73 Å². The normalized spacial score (nSPS) is 16.6. The fraction of sp³-hybridized carbons (Fsp3) is 0.571. The van der Waals surface area contributed by atoms with E-state index in [1.807, 2.05) is 23.5 Å². The van der Waals surface area contributed by atoms with Gasteiger partial charge in [0, 0.05) is 21.6 Å². The van der Waals surface area contributed by atoms with Gasteiger partial charge in [0.1, 0.15) is 0 Å². The van der Waals surface area contributed by atoms with Crippen molar-refractivity contribution in [1.29, 1.82) is 0 Å². The Bertz CT molecular complexity index is 359. The van der Waals surface area contributed by atoms with E-state index >= 15 is 0 Å². The minimum atomic E-state index is 0.665. The summed E-state index contributed by atoms with van der Waals surface area (Å²) in [6.45, 7) is 2.86. The Labute approximate surface area is 113 Å². The summed E-state index contributed by atoms with van der Waals surface area (Å²) in [7, 11) is 0. The van der Waals surface area contributed by atoms with Crippen molar-refractivity contribution < 1.29 is 0 Å². The highest BCUT2D eigenvalue weighted by molar-refractivity contribution is 8.00. The number of hydrogen-bond acceptors (Lipinski definition) is 3. The maximum Gasteiger partial charge on any atom is 0.0200 e. The van der Waals surface area contributed by atoms with Crippen molar-refractivity contribution in [2.45, 2.75) is 54.2 Å². The van der Waals surface area contributed by atoms with E-state index < -0.39 is 0 Å². The largest absolute Gasteiger partial charge is 0.326 e. The molecule has 0 heterocycles. The second kappa shape index (κ2) is 6.72. The van der Waals surface area contributed by atoms with Crippen LogP contribution in [0.4, 0.5) is 0 Å². The van der Waals surface area contributed by atoms with E-state index in [2.05, 4.69) is 25.1 Å². The summed E-state index contributed by atoms with van der Waals surface area (Å²) in [6, 6.07) is 6.62. The quantitative estimate of drug-likeness (QED) is 0.806. The summed E-state index contributed by atoms with van der Waals surface area (Å²) in [6.07, 6.45) is 5.55. The summed E-state index contributed by atoms with van der Waals surface area (Å²) in [5.74, 6) is 1.12. The van der Waals surface area contributed by atoms with Crippen molar-refractivity contribution in [1.82, 2.24) is 0 Å². The first-order valence-corrected chi connectivity index (χ1v) is 8.33. The zero-order valence-electron chi connectivity index (χ0n) is 10.4. The molecule has 1 saturated carbocycles. The van der Waals surface area contributed by atoms with E-state index in [9.17, 15) is 0 Å². The number of benzene rings is 1. The highest BCUT2D eigenvalue weighted by Crippen LogP contribution is 2.38. The smallest absolute Gasteiger partial charge is 0.0200 e. The van der Waals surface area contributed by atoms with E-state index in [0.717, 1.165) is 11.0 Å². The third kappa shape index (κ3) is 3.43. The number of hydrogen-bond donors (Lipinski definition) is 1. The van der Waals surface area contributed by atoms with Crippen LogP contribution < -0.4 is 5.73 Å². The third-order valence-corrected chi connectivity index (χ3v) is 5.61. The Balaban J connectivity index is 2.16. The van der Waals surface area contributed by atoms with Crippen LogP contribution in [0.15, 0.2) is 28.0 Å². The third-order valence-electron chi connectivity index (χ3n) is 3.19. The molecule has 0 unspecified atom stereocenters. The van der Waals surface area contributed by atoms with Gasteiger partial charge < -0.3 is 5.73 Å². The van der Waals surface area contributed by atoms with Gasteiger partial charge in [-0.2, -0.15) is 0 Å². The predicted molar refractivity (Wildman–Crippen MR) is 78.8 cm³/mol. The fourth-order valence-corrected chi connectivity index (χ4v) is 4.67. The molecule has 2 rings (SSSR count). The molecule has 0 aromatic heterocycles. The molecule has 3 heteroatoms. The lowest BCUT2D eigenvalue weighted by Crippen LogP contribution is -2.03. The van der Waals surface area contributed by atoms with Crippen molar-refractivity contribution >= 4 is 23.5 Å². The van der Waals surface area contributed by atoms with Crippen molar-refractivity contribution in [2.75, 3.05) is 5.75 Å². The van der Waals surface area contributed by atoms with Gasteiger partial charge in [-0.1, -0.05) is 25.8 Å². The molecule has 94 valence electrons. The van der Waals surface area contributed by atoms with Crippen LogP contribution in [0.2, 0.25) is 0 Å². The first-order valence-electron chi connectivity index (χ1n) is 6.46. The van der Waals surface area contributed by atoms with Crippen molar-refractivity contribution in [3.05, 3.63) is 23.8 Å². The van der Waals surface area contributed by atoms with Crippen LogP contribution in [-0.4, -0.2) is 11.0 Å². The van der Waals surface area contributed by atoms with Crippen LogP contribution in [0.25, 0.3) is 0 Å². The zero-order valence-corrected chi connectivity index (χ0v) is 12.1. The fourth-order valence-electron chi connectivity index (χ4n) is 2.33. The van der Waals surface area contributed by atoms with Gasteiger partial charge in [-0.3, -0.25) is 0 Å². The molecule has 0 spiro atoms. The maximum absolute atomic E-state index is 5.93. The van der Waals surface area contributed by atoms with Gasteiger partial charge in [-0.25, -0.2) is 0 Å². The van der Waals surface area contributed by atoms with E-state index in [1.165, 1.54) is 41.0 Å². The SMILES string of the molecule is CCSc1cccc(SC2CCCC2)c1CN. The van der Waals surface area contributed by atoms with E-state index in [-0.39, 0.29) is 0 Å². The van der Waals surface area contributed by atoms with Crippen LogP contribution in [0.3, 0.4) is 0 Å². The van der Waals surface area contributed by atoms with Crippen LogP contribution in [-0.2, 0) is 6.54 Å². The van der Waals surface area contributed by atoms with Gasteiger partial charge in [0.25, 0.3) is 0 Å². The topological polar surface area (TPSA) is 26.0 Å². The molecular weight excluding hydrogens is 246 g/mol. The zero-order chi connectivity index (χ0) is 12.1. The van der Waals surface area contributed by atoms with E-state index in [0.29, 0.717) is 6.54 Å². The lowest BCUT2D eigenvalue weighted by Gasteiger charge is -2.15. The van der Waals surface area contributed by atoms with Crippen LogP contribution in [0.1, 0.15) is 38.2 Å². The second-order valence-corrected chi connectivity index (χ2v) is 7.04. The lowest BCUT2D eigenvalue weighted by molar-refractivity contribution is 0.886. The molecule has 1 aliphatic carbocycles. The molecule has 0 amide bonds. The number of thioether (sulfide) groups is 2. The molecule has 1 fully saturated rings. The monoisotopic (exact) mass is 267 g/mol. The van der Waals surface area contributed by atoms with Gasteiger partial charge in [0.2, 0.25) is 0 Å². The Morgan fingerprint density at radius 2 is 1.94 bits per heavy atom. The minimum absolute atomic E-state index is 0.665. The summed E-state index contributed by atoms with van der Waals surface area (Å²) >= 11 is 3.95. The summed E-state index contributed by atoms with van der Waals surface area (Å²) < 4.78 is 0. The predicted octanol–water partition coefficient (Wildman–Crippen LogP) is 4.29. The number of nitrogens with two attached hydrogens (primary N) is 1. The standard InChI is InChI=1S/C14H21NS2/c1-2-16-13-8-5-9-14(12(13)10-15)17-11-6-3-4-7-11/h5,8-9,11H,2-4,6-7,10,15H2,1H3. The average molecular weight is 267 g/mol. The van der Waals surface area contributed by atoms with Gasteiger partial charge in [-0.05, 0) is 36.3 Å². The van der Waals surface area contributed by atoms with Crippen LogP contribution in [0, 0.1) is 0 Å². The summed E-state index contributed by atoms with van der Waals surface area (Å²) in [4.78, 5) is 2.79. The average Bonchev–Trinajstić information content (AvgIpc) is 2.83. The molecular formula is C14H21NS2. The first-order chi connectivity index (χ1) is 8.35. The Morgan fingerprint density at radius 3 is 2.59 bits per heavy atom. The van der Waals surface area contributed by atoms with Gasteiger partial charge >= 0.3 is 0 Å². The Kier molecular flexibility index (Phi) is 5.26. The molecule has 1 aromatic rings. The molecule has 0 atom stereocenters. The Hall–Kier alpha value is -0.120. The number of rotatable bonds is 5. The van der Waals surface area contributed by atoms with E-state index in [1.54, 1.807) is 0 Å². The molecule has 1 aliphatic rings. The maximum atomic E-state index is 5.93. The highest BCUT2D eigenvalue weighted by atomic mass is 32.2. The van der Waals surface area contributed by atoms with Crippen molar-refractivity contribution in [3.8, 4) is 0 Å². The Morgan fingerprint density at radius 1 is 1.24 bits per heavy atom. The molecule has 0 aliphatic heterocycles. The minimum Gasteiger partial charge on any atom is -0.326 e. The van der Waals surface area contributed by atoms with Crippen LogP contribution in [0.5, 0.6) is 0 Å². The molecule has 1 nitrogen and oxygen atoms in total. The summed E-state index contributed by atoms with van der Waals surface area (Å²) in [5, 5.41) is 0.821. The van der Waals surface area contributed by atoms with Crippen molar-refractivity contribution in [2.24, 2.45) is 5.73 Å². The van der Waals surface area contributed by atoms with Gasteiger partial charge in [0.15, 0.2) is 0 Å². The van der Waals surface area contributed by atoms with Gasteiger partial charge in [-0.15, -0.1) is 23.5 Å². The highest BCUT2D eigenvalue weighted by Gasteiger charge is 2.18. The molecule has 0 radical (unpaired) electrons. The summed E-state index contributed by atoms with van der Waals surface area (Å²) in [5.41, 5.74) is 7.29.